The van der Waals surface area contributed by atoms with E-state index in [2.05, 4.69) is 24.1 Å². The minimum absolute atomic E-state index is 0.250. The fourth-order valence-electron chi connectivity index (χ4n) is 1.36. The number of hydrogen-bond donors (Lipinski definition) is 0. The van der Waals surface area contributed by atoms with Crippen molar-refractivity contribution in [2.45, 2.75) is 26.2 Å². The van der Waals surface area contributed by atoms with Gasteiger partial charge in [-0.05, 0) is 32.3 Å². The van der Waals surface area contributed by atoms with Crippen LogP contribution < -0.4 is 0 Å². The lowest BCUT2D eigenvalue weighted by atomic mass is 9.97. The molecule has 0 aromatic carbocycles. The van der Waals surface area contributed by atoms with Crippen molar-refractivity contribution in [3.8, 4) is 0 Å². The van der Waals surface area contributed by atoms with Crippen molar-refractivity contribution >= 4 is 6.21 Å². The molecule has 0 atom stereocenters. The Morgan fingerprint density at radius 2 is 2.29 bits per heavy atom. The van der Waals surface area contributed by atoms with E-state index in [-0.39, 0.29) is 5.83 Å². The Hall–Kier alpha value is -1.18. The highest BCUT2D eigenvalue weighted by Crippen LogP contribution is 2.20. The first-order valence-electron chi connectivity index (χ1n) is 4.85. The third-order valence-corrected chi connectivity index (χ3v) is 2.26. The summed E-state index contributed by atoms with van der Waals surface area (Å²) in [5.41, 5.74) is 2.68. The topological polar surface area (TPSA) is 12.4 Å². The summed E-state index contributed by atoms with van der Waals surface area (Å²) in [6, 6.07) is 0. The molecule has 76 valence electrons. The zero-order valence-corrected chi connectivity index (χ0v) is 8.76. The first kappa shape index (κ1) is 10.9. The average Bonchev–Trinajstić information content (AvgIpc) is 2.17. The smallest absolute Gasteiger partial charge is 0.137 e. The van der Waals surface area contributed by atoms with E-state index < -0.39 is 0 Å². The van der Waals surface area contributed by atoms with Crippen LogP contribution in [0.2, 0.25) is 0 Å². The standard InChI is InChI=1S/C12H16FN/c1-10-3-5-11(6-4-10)7-8-12(13)9-14-2/h3,5,8-9H,4,6-7H2,1-2H3. The van der Waals surface area contributed by atoms with Crippen molar-refractivity contribution in [3.05, 3.63) is 35.2 Å². The Bertz CT molecular complexity index is 308. The van der Waals surface area contributed by atoms with Crippen molar-refractivity contribution in [2.75, 3.05) is 7.05 Å². The van der Waals surface area contributed by atoms with E-state index in [1.807, 2.05) is 0 Å². The number of allylic oxidation sites excluding steroid dienone is 6. The molecule has 0 radical (unpaired) electrons. The van der Waals surface area contributed by atoms with E-state index in [4.69, 9.17) is 0 Å². The molecule has 0 spiro atoms. The molecule has 0 amide bonds. The molecule has 0 unspecified atom stereocenters. The summed E-state index contributed by atoms with van der Waals surface area (Å²) in [5, 5.41) is 0. The molecule has 0 aromatic rings. The number of nitrogens with zero attached hydrogens (tertiary/aromatic N) is 1. The molecule has 0 saturated heterocycles. The van der Waals surface area contributed by atoms with E-state index in [0.717, 1.165) is 12.8 Å². The molecule has 1 rings (SSSR count). The first-order valence-corrected chi connectivity index (χ1v) is 4.85. The zero-order valence-electron chi connectivity index (χ0n) is 8.76. The quantitative estimate of drug-likeness (QED) is 0.607. The number of halogens is 1. The van der Waals surface area contributed by atoms with Gasteiger partial charge in [0.1, 0.15) is 5.83 Å². The first-order chi connectivity index (χ1) is 6.72. The summed E-state index contributed by atoms with van der Waals surface area (Å²) in [5.74, 6) is -0.250. The molecule has 0 fully saturated rings. The summed E-state index contributed by atoms with van der Waals surface area (Å²) in [4.78, 5) is 3.61. The summed E-state index contributed by atoms with van der Waals surface area (Å²) < 4.78 is 12.9. The Balaban J connectivity index is 2.50. The summed E-state index contributed by atoms with van der Waals surface area (Å²) in [7, 11) is 1.57. The van der Waals surface area contributed by atoms with Crippen LogP contribution in [0.4, 0.5) is 4.39 Å². The van der Waals surface area contributed by atoms with Gasteiger partial charge in [-0.1, -0.05) is 23.3 Å². The van der Waals surface area contributed by atoms with Crippen LogP contribution in [0.25, 0.3) is 0 Å². The Labute approximate surface area is 84.7 Å². The molecular weight excluding hydrogens is 177 g/mol. The molecule has 14 heavy (non-hydrogen) atoms. The van der Waals surface area contributed by atoms with E-state index in [9.17, 15) is 4.39 Å². The van der Waals surface area contributed by atoms with E-state index >= 15 is 0 Å². The Kier molecular flexibility index (Phi) is 4.30. The summed E-state index contributed by atoms with van der Waals surface area (Å²) in [6.07, 6.45) is 9.86. The molecule has 1 aliphatic rings. The lowest BCUT2D eigenvalue weighted by Crippen LogP contribution is -1.90. The van der Waals surface area contributed by atoms with Gasteiger partial charge in [0.15, 0.2) is 0 Å². The van der Waals surface area contributed by atoms with Crippen molar-refractivity contribution in [1.29, 1.82) is 0 Å². The lowest BCUT2D eigenvalue weighted by molar-refractivity contribution is 0.679. The van der Waals surface area contributed by atoms with Gasteiger partial charge in [0, 0.05) is 7.05 Å². The fourth-order valence-corrected chi connectivity index (χ4v) is 1.36. The van der Waals surface area contributed by atoms with E-state index in [1.165, 1.54) is 17.4 Å². The number of rotatable bonds is 3. The highest BCUT2D eigenvalue weighted by molar-refractivity contribution is 5.75. The van der Waals surface area contributed by atoms with Crippen molar-refractivity contribution in [3.63, 3.8) is 0 Å². The maximum Gasteiger partial charge on any atom is 0.137 e. The molecule has 0 aliphatic heterocycles. The van der Waals surface area contributed by atoms with Crippen LogP contribution in [-0.2, 0) is 0 Å². The van der Waals surface area contributed by atoms with Gasteiger partial charge < -0.3 is 0 Å². The van der Waals surface area contributed by atoms with Gasteiger partial charge >= 0.3 is 0 Å². The van der Waals surface area contributed by atoms with Gasteiger partial charge in [0.2, 0.25) is 0 Å². The fraction of sp³-hybridized carbons (Fsp3) is 0.417. The zero-order chi connectivity index (χ0) is 10.4. The van der Waals surface area contributed by atoms with Gasteiger partial charge in [-0.3, -0.25) is 4.99 Å². The predicted molar refractivity (Wildman–Crippen MR) is 59.3 cm³/mol. The van der Waals surface area contributed by atoms with E-state index in [0.29, 0.717) is 6.42 Å². The van der Waals surface area contributed by atoms with Crippen molar-refractivity contribution in [1.82, 2.24) is 0 Å². The average molecular weight is 193 g/mol. The summed E-state index contributed by atoms with van der Waals surface area (Å²) in [6.45, 7) is 2.12. The monoisotopic (exact) mass is 193 g/mol. The van der Waals surface area contributed by atoms with Crippen LogP contribution in [-0.4, -0.2) is 13.3 Å². The highest BCUT2D eigenvalue weighted by atomic mass is 19.1. The second-order valence-corrected chi connectivity index (χ2v) is 3.52. The van der Waals surface area contributed by atoms with E-state index in [1.54, 1.807) is 13.1 Å². The van der Waals surface area contributed by atoms with Gasteiger partial charge in [-0.25, -0.2) is 4.39 Å². The van der Waals surface area contributed by atoms with Crippen LogP contribution in [0.5, 0.6) is 0 Å². The third kappa shape index (κ3) is 3.69. The molecule has 0 heterocycles. The second-order valence-electron chi connectivity index (χ2n) is 3.52. The predicted octanol–water partition coefficient (Wildman–Crippen LogP) is 3.60. The molecule has 2 heteroatoms. The lowest BCUT2D eigenvalue weighted by Gasteiger charge is -2.09. The summed E-state index contributed by atoms with van der Waals surface area (Å²) >= 11 is 0. The van der Waals surface area contributed by atoms with Crippen molar-refractivity contribution < 1.29 is 4.39 Å². The number of aliphatic imine (C=N–C) groups is 1. The van der Waals surface area contributed by atoms with Crippen LogP contribution in [0.1, 0.15) is 26.2 Å². The van der Waals surface area contributed by atoms with Gasteiger partial charge in [0.05, 0.1) is 6.21 Å². The van der Waals surface area contributed by atoms with Gasteiger partial charge in [0.25, 0.3) is 0 Å². The molecular formula is C12H16FN. The molecule has 1 aliphatic carbocycles. The molecule has 0 saturated carbocycles. The Morgan fingerprint density at radius 1 is 1.50 bits per heavy atom. The van der Waals surface area contributed by atoms with Crippen molar-refractivity contribution in [2.24, 2.45) is 4.99 Å². The maximum atomic E-state index is 12.9. The van der Waals surface area contributed by atoms with Crippen LogP contribution in [0.3, 0.4) is 0 Å². The number of hydrogen-bond acceptors (Lipinski definition) is 1. The SMILES string of the molecule is CN=CC(F)=CCC1=CC=C(C)CC1. The van der Waals surface area contributed by atoms with Crippen LogP contribution in [0, 0.1) is 0 Å². The molecule has 0 N–H and O–H groups in total. The minimum Gasteiger partial charge on any atom is -0.293 e. The third-order valence-electron chi connectivity index (χ3n) is 2.26. The van der Waals surface area contributed by atoms with Gasteiger partial charge in [-0.15, -0.1) is 0 Å². The normalized spacial score (nSPS) is 18.4. The minimum atomic E-state index is -0.250. The van der Waals surface area contributed by atoms with Crippen LogP contribution in [0.15, 0.2) is 40.2 Å². The largest absolute Gasteiger partial charge is 0.293 e. The maximum absolute atomic E-state index is 12.9. The molecule has 0 bridgehead atoms. The Morgan fingerprint density at radius 3 is 2.86 bits per heavy atom. The molecule has 1 nitrogen and oxygen atoms in total. The molecule has 0 aromatic heterocycles. The highest BCUT2D eigenvalue weighted by Gasteiger charge is 2.01. The van der Waals surface area contributed by atoms with Gasteiger partial charge in [-0.2, -0.15) is 0 Å². The second kappa shape index (κ2) is 5.53. The van der Waals surface area contributed by atoms with Crippen LogP contribution >= 0.6 is 0 Å².